The van der Waals surface area contributed by atoms with Gasteiger partial charge in [0.05, 0.1) is 6.42 Å². The maximum atomic E-state index is 10.4. The molecule has 0 unspecified atom stereocenters. The van der Waals surface area contributed by atoms with E-state index >= 15 is 0 Å². The highest BCUT2D eigenvalue weighted by molar-refractivity contribution is 7.15. The van der Waals surface area contributed by atoms with Crippen LogP contribution in [-0.4, -0.2) is 34.4 Å². The van der Waals surface area contributed by atoms with Gasteiger partial charge in [0.2, 0.25) is 5.13 Å². The van der Waals surface area contributed by atoms with E-state index in [4.69, 9.17) is 5.11 Å². The lowest BCUT2D eigenvalue weighted by Crippen LogP contribution is -2.47. The topological polar surface area (TPSA) is 66.3 Å². The van der Waals surface area contributed by atoms with Crippen molar-refractivity contribution in [2.75, 3.05) is 18.0 Å². The highest BCUT2D eigenvalue weighted by Gasteiger charge is 2.30. The second-order valence-electron chi connectivity index (χ2n) is 3.47. The highest BCUT2D eigenvalue weighted by atomic mass is 32.1. The summed E-state index contributed by atoms with van der Waals surface area (Å²) in [6, 6.07) is 0. The van der Waals surface area contributed by atoms with E-state index in [2.05, 4.69) is 15.1 Å². The van der Waals surface area contributed by atoms with E-state index in [1.54, 1.807) is 11.3 Å². The molecule has 2 rings (SSSR count). The van der Waals surface area contributed by atoms with Crippen molar-refractivity contribution in [2.24, 2.45) is 5.92 Å². The standard InChI is InChI=1S/C8H11N3O2S/c1-5-9-10-8(14-5)11-3-6(4-11)2-7(12)13/h6H,2-4H2,1H3,(H,12,13). The summed E-state index contributed by atoms with van der Waals surface area (Å²) in [5.74, 6) is -0.445. The predicted molar refractivity (Wildman–Crippen MR) is 52.6 cm³/mol. The van der Waals surface area contributed by atoms with Gasteiger partial charge in [-0.15, -0.1) is 10.2 Å². The molecule has 1 aromatic rings. The lowest BCUT2D eigenvalue weighted by molar-refractivity contribution is -0.138. The molecular formula is C8H11N3O2S. The zero-order valence-corrected chi connectivity index (χ0v) is 8.62. The summed E-state index contributed by atoms with van der Waals surface area (Å²) in [6.45, 7) is 3.50. The highest BCUT2D eigenvalue weighted by Crippen LogP contribution is 2.28. The minimum absolute atomic E-state index is 0.258. The van der Waals surface area contributed by atoms with Crippen LogP contribution in [0.4, 0.5) is 5.13 Å². The third kappa shape index (κ3) is 1.84. The molecule has 6 heteroatoms. The van der Waals surface area contributed by atoms with Crippen molar-refractivity contribution in [1.29, 1.82) is 0 Å². The summed E-state index contributed by atoms with van der Waals surface area (Å²) >= 11 is 1.55. The van der Waals surface area contributed by atoms with Crippen molar-refractivity contribution in [3.8, 4) is 0 Å². The Bertz CT molecular complexity index is 346. The van der Waals surface area contributed by atoms with Crippen LogP contribution in [0.1, 0.15) is 11.4 Å². The van der Waals surface area contributed by atoms with Crippen molar-refractivity contribution in [2.45, 2.75) is 13.3 Å². The molecule has 5 nitrogen and oxygen atoms in total. The number of hydrogen-bond donors (Lipinski definition) is 1. The molecule has 2 heterocycles. The fraction of sp³-hybridized carbons (Fsp3) is 0.625. The van der Waals surface area contributed by atoms with Crippen LogP contribution in [-0.2, 0) is 4.79 Å². The first-order valence-electron chi connectivity index (χ1n) is 4.42. The number of carboxylic acids is 1. The van der Waals surface area contributed by atoms with E-state index in [0.717, 1.165) is 23.2 Å². The SMILES string of the molecule is Cc1nnc(N2CC(CC(=O)O)C2)s1. The molecular weight excluding hydrogens is 202 g/mol. The molecule has 1 fully saturated rings. The number of rotatable bonds is 3. The molecule has 76 valence electrons. The molecule has 0 amide bonds. The second kappa shape index (κ2) is 3.53. The average Bonchev–Trinajstić information content (AvgIpc) is 2.42. The fourth-order valence-corrected chi connectivity index (χ4v) is 2.22. The number of carbonyl (C=O) groups is 1. The van der Waals surface area contributed by atoms with Crippen LogP contribution < -0.4 is 4.90 Å². The number of anilines is 1. The van der Waals surface area contributed by atoms with E-state index in [-0.39, 0.29) is 12.3 Å². The van der Waals surface area contributed by atoms with Gasteiger partial charge >= 0.3 is 5.97 Å². The largest absolute Gasteiger partial charge is 0.481 e. The first-order valence-corrected chi connectivity index (χ1v) is 5.23. The van der Waals surface area contributed by atoms with Crippen LogP contribution in [0.25, 0.3) is 0 Å². The van der Waals surface area contributed by atoms with Gasteiger partial charge in [0.25, 0.3) is 0 Å². The number of aryl methyl sites for hydroxylation is 1. The molecule has 0 spiro atoms. The van der Waals surface area contributed by atoms with Crippen LogP contribution in [0.2, 0.25) is 0 Å². The van der Waals surface area contributed by atoms with Crippen LogP contribution >= 0.6 is 11.3 Å². The van der Waals surface area contributed by atoms with Crippen molar-refractivity contribution < 1.29 is 9.90 Å². The van der Waals surface area contributed by atoms with E-state index in [9.17, 15) is 4.79 Å². The maximum absolute atomic E-state index is 10.4. The van der Waals surface area contributed by atoms with Crippen LogP contribution in [0.15, 0.2) is 0 Å². The molecule has 1 aliphatic rings. The summed E-state index contributed by atoms with van der Waals surface area (Å²) in [4.78, 5) is 12.5. The molecule has 0 radical (unpaired) electrons. The number of aromatic nitrogens is 2. The predicted octanol–water partition coefficient (Wildman–Crippen LogP) is 0.757. The molecule has 1 aliphatic heterocycles. The third-order valence-corrected chi connectivity index (χ3v) is 3.11. The summed E-state index contributed by atoms with van der Waals surface area (Å²) in [5.41, 5.74) is 0. The second-order valence-corrected chi connectivity index (χ2v) is 4.63. The minimum atomic E-state index is -0.719. The average molecular weight is 213 g/mol. The molecule has 0 atom stereocenters. The molecule has 1 aromatic heterocycles. The smallest absolute Gasteiger partial charge is 0.303 e. The van der Waals surface area contributed by atoms with Crippen molar-refractivity contribution in [3.63, 3.8) is 0 Å². The van der Waals surface area contributed by atoms with Gasteiger partial charge in [-0.25, -0.2) is 0 Å². The van der Waals surface area contributed by atoms with Crippen molar-refractivity contribution in [3.05, 3.63) is 5.01 Å². The molecule has 0 aliphatic carbocycles. The van der Waals surface area contributed by atoms with E-state index in [1.807, 2.05) is 6.92 Å². The van der Waals surface area contributed by atoms with Gasteiger partial charge in [0.1, 0.15) is 5.01 Å². The lowest BCUT2D eigenvalue weighted by atomic mass is 9.97. The molecule has 14 heavy (non-hydrogen) atoms. The van der Waals surface area contributed by atoms with Crippen molar-refractivity contribution in [1.82, 2.24) is 10.2 Å². The van der Waals surface area contributed by atoms with Gasteiger partial charge in [-0.1, -0.05) is 11.3 Å². The number of carboxylic acid groups (broad SMARTS) is 1. The number of nitrogens with zero attached hydrogens (tertiary/aromatic N) is 3. The Hall–Kier alpha value is -1.17. The minimum Gasteiger partial charge on any atom is -0.481 e. The Morgan fingerprint density at radius 2 is 2.36 bits per heavy atom. The van der Waals surface area contributed by atoms with Gasteiger partial charge in [0.15, 0.2) is 0 Å². The van der Waals surface area contributed by atoms with Gasteiger partial charge in [-0.3, -0.25) is 4.79 Å². The zero-order chi connectivity index (χ0) is 10.1. The molecule has 0 bridgehead atoms. The Morgan fingerprint density at radius 1 is 1.64 bits per heavy atom. The van der Waals surface area contributed by atoms with Gasteiger partial charge < -0.3 is 10.0 Å². The molecule has 1 N–H and O–H groups in total. The monoisotopic (exact) mass is 213 g/mol. The quantitative estimate of drug-likeness (QED) is 0.802. The van der Waals surface area contributed by atoms with Crippen LogP contribution in [0, 0.1) is 12.8 Å². The van der Waals surface area contributed by atoms with Crippen LogP contribution in [0.5, 0.6) is 0 Å². The lowest BCUT2D eigenvalue weighted by Gasteiger charge is -2.37. The summed E-state index contributed by atoms with van der Waals surface area (Å²) in [7, 11) is 0. The Balaban J connectivity index is 1.86. The van der Waals surface area contributed by atoms with E-state index in [0.29, 0.717) is 0 Å². The fourth-order valence-electron chi connectivity index (χ4n) is 1.52. The summed E-state index contributed by atoms with van der Waals surface area (Å²) < 4.78 is 0. The Kier molecular flexibility index (Phi) is 2.37. The first-order chi connectivity index (χ1) is 6.65. The van der Waals surface area contributed by atoms with Crippen molar-refractivity contribution >= 4 is 22.4 Å². The number of hydrogen-bond acceptors (Lipinski definition) is 5. The molecule has 0 saturated carbocycles. The summed E-state index contributed by atoms with van der Waals surface area (Å²) in [6.07, 6.45) is 0.258. The van der Waals surface area contributed by atoms with Crippen LogP contribution in [0.3, 0.4) is 0 Å². The normalized spacial score (nSPS) is 16.8. The molecule has 1 saturated heterocycles. The zero-order valence-electron chi connectivity index (χ0n) is 7.80. The Morgan fingerprint density at radius 3 is 2.86 bits per heavy atom. The van der Waals surface area contributed by atoms with Gasteiger partial charge in [-0.05, 0) is 6.92 Å². The van der Waals surface area contributed by atoms with E-state index < -0.39 is 5.97 Å². The Labute approximate surface area is 85.4 Å². The number of aliphatic carboxylic acids is 1. The maximum Gasteiger partial charge on any atom is 0.303 e. The van der Waals surface area contributed by atoms with Gasteiger partial charge in [0, 0.05) is 19.0 Å². The third-order valence-electron chi connectivity index (χ3n) is 2.21. The van der Waals surface area contributed by atoms with E-state index in [1.165, 1.54) is 0 Å². The first kappa shape index (κ1) is 9.39. The summed E-state index contributed by atoms with van der Waals surface area (Å²) in [5, 5.41) is 18.3. The van der Waals surface area contributed by atoms with Gasteiger partial charge in [-0.2, -0.15) is 0 Å². The molecule has 0 aromatic carbocycles.